The number of amides is 1. The number of aryl methyl sites for hydroxylation is 2. The van der Waals surface area contributed by atoms with Gasteiger partial charge in [0.1, 0.15) is 5.75 Å². The molecule has 0 bridgehead atoms. The Morgan fingerprint density at radius 3 is 2.50 bits per heavy atom. The number of carbonyl (C=O) groups excluding carboxylic acids is 1. The Labute approximate surface area is 154 Å². The number of hydrogen-bond acceptors (Lipinski definition) is 3. The quantitative estimate of drug-likeness (QED) is 0.466. The zero-order valence-corrected chi connectivity index (χ0v) is 15.2. The van der Waals surface area contributed by atoms with Gasteiger partial charge in [0.2, 0.25) is 0 Å². The fraction of sp³-hybridized carbons (Fsp3) is 0.125. The molecule has 126 valence electrons. The molecule has 1 amide bonds. The molecule has 2 aromatic rings. The molecule has 0 heterocycles. The van der Waals surface area contributed by atoms with Crippen LogP contribution in [0.4, 0.5) is 5.69 Å². The number of phenols is 1. The van der Waals surface area contributed by atoms with Crippen molar-refractivity contribution in [3.63, 3.8) is 0 Å². The molecule has 0 aromatic heterocycles. The number of carbonyl (C=O) groups is 1. The summed E-state index contributed by atoms with van der Waals surface area (Å²) in [5.74, 6) is -0.763. The van der Waals surface area contributed by atoms with Gasteiger partial charge >= 0.3 is 0 Å². The van der Waals surface area contributed by atoms with Gasteiger partial charge in [0.05, 0.1) is 16.3 Å². The molecule has 0 saturated carbocycles. The van der Waals surface area contributed by atoms with E-state index >= 15 is 0 Å². The number of nitrogens with one attached hydrogen (secondary N) is 3. The molecule has 5 nitrogen and oxygen atoms in total. The monoisotopic (exact) mass is 383 g/mol. The van der Waals surface area contributed by atoms with Crippen LogP contribution >= 0.6 is 35.4 Å². The zero-order chi connectivity index (χ0) is 17.9. The second-order valence-electron chi connectivity index (χ2n) is 5.13. The van der Waals surface area contributed by atoms with Crippen LogP contribution < -0.4 is 16.2 Å². The Balaban J connectivity index is 2.01. The normalized spacial score (nSPS) is 10.2. The van der Waals surface area contributed by atoms with E-state index in [4.69, 9.17) is 35.4 Å². The van der Waals surface area contributed by atoms with Gasteiger partial charge in [-0.1, -0.05) is 29.3 Å². The summed E-state index contributed by atoms with van der Waals surface area (Å²) in [6, 6.07) is 7.94. The van der Waals surface area contributed by atoms with E-state index in [1.54, 1.807) is 0 Å². The summed E-state index contributed by atoms with van der Waals surface area (Å²) < 4.78 is 0. The van der Waals surface area contributed by atoms with E-state index in [1.165, 1.54) is 18.2 Å². The van der Waals surface area contributed by atoms with Gasteiger partial charge in [0, 0.05) is 5.02 Å². The lowest BCUT2D eigenvalue weighted by atomic mass is 10.1. The summed E-state index contributed by atoms with van der Waals surface area (Å²) >= 11 is 17.1. The van der Waals surface area contributed by atoms with Crippen molar-refractivity contribution in [3.05, 3.63) is 57.1 Å². The molecule has 24 heavy (non-hydrogen) atoms. The molecule has 0 aliphatic rings. The van der Waals surface area contributed by atoms with Crippen LogP contribution in [-0.4, -0.2) is 16.1 Å². The molecular formula is C16H15Cl2N3O2S. The first-order chi connectivity index (χ1) is 11.3. The Bertz CT molecular complexity index is 789. The smallest absolute Gasteiger partial charge is 0.273 e. The lowest BCUT2D eigenvalue weighted by Crippen LogP contribution is -2.43. The highest BCUT2D eigenvalue weighted by Crippen LogP contribution is 2.27. The highest BCUT2D eigenvalue weighted by Gasteiger charge is 2.12. The van der Waals surface area contributed by atoms with Crippen molar-refractivity contribution in [3.8, 4) is 5.75 Å². The average molecular weight is 384 g/mol. The predicted molar refractivity (Wildman–Crippen MR) is 101 cm³/mol. The van der Waals surface area contributed by atoms with Crippen LogP contribution in [0.5, 0.6) is 5.75 Å². The van der Waals surface area contributed by atoms with Crippen LogP contribution in [0, 0.1) is 13.8 Å². The van der Waals surface area contributed by atoms with Crippen LogP contribution in [0.3, 0.4) is 0 Å². The van der Waals surface area contributed by atoms with Crippen LogP contribution in [-0.2, 0) is 0 Å². The van der Waals surface area contributed by atoms with E-state index in [0.29, 0.717) is 15.7 Å². The Morgan fingerprint density at radius 2 is 1.83 bits per heavy atom. The molecule has 0 spiro atoms. The third kappa shape index (κ3) is 4.50. The van der Waals surface area contributed by atoms with Crippen LogP contribution in [0.15, 0.2) is 30.3 Å². The molecule has 0 fully saturated rings. The molecule has 0 aliphatic heterocycles. The second-order valence-corrected chi connectivity index (χ2v) is 6.39. The minimum absolute atomic E-state index is 0.0300. The number of anilines is 1. The van der Waals surface area contributed by atoms with E-state index < -0.39 is 5.91 Å². The second kappa shape index (κ2) is 7.70. The minimum atomic E-state index is -0.578. The van der Waals surface area contributed by atoms with E-state index in [-0.39, 0.29) is 16.4 Å². The maximum atomic E-state index is 12.0. The van der Waals surface area contributed by atoms with Gasteiger partial charge in [-0.25, -0.2) is 0 Å². The molecule has 0 saturated heterocycles. The van der Waals surface area contributed by atoms with Crippen molar-refractivity contribution < 1.29 is 9.90 Å². The maximum Gasteiger partial charge on any atom is 0.273 e. The van der Waals surface area contributed by atoms with Crippen LogP contribution in [0.2, 0.25) is 10.0 Å². The largest absolute Gasteiger partial charge is 0.507 e. The van der Waals surface area contributed by atoms with Gasteiger partial charge in [0.15, 0.2) is 5.11 Å². The summed E-state index contributed by atoms with van der Waals surface area (Å²) in [5, 5.41) is 13.6. The highest BCUT2D eigenvalue weighted by atomic mass is 35.5. The fourth-order valence-electron chi connectivity index (χ4n) is 2.09. The molecule has 0 atom stereocenters. The third-order valence-electron chi connectivity index (χ3n) is 3.16. The van der Waals surface area contributed by atoms with Crippen LogP contribution in [0.25, 0.3) is 0 Å². The first-order valence-electron chi connectivity index (χ1n) is 6.90. The molecule has 0 aliphatic carbocycles. The number of halogens is 2. The number of thiocarbonyl (C=S) groups is 1. The van der Waals surface area contributed by atoms with Crippen molar-refractivity contribution >= 4 is 52.1 Å². The Morgan fingerprint density at radius 1 is 1.12 bits per heavy atom. The molecule has 0 unspecified atom stereocenters. The summed E-state index contributed by atoms with van der Waals surface area (Å²) in [4.78, 5) is 12.0. The highest BCUT2D eigenvalue weighted by molar-refractivity contribution is 7.80. The van der Waals surface area contributed by atoms with E-state index in [1.807, 2.05) is 26.0 Å². The van der Waals surface area contributed by atoms with Crippen molar-refractivity contribution in [2.24, 2.45) is 0 Å². The lowest BCUT2D eigenvalue weighted by molar-refractivity contribution is 0.0941. The minimum Gasteiger partial charge on any atom is -0.507 e. The molecule has 4 N–H and O–H groups in total. The number of rotatable bonds is 2. The molecule has 2 rings (SSSR count). The molecular weight excluding hydrogens is 369 g/mol. The number of benzene rings is 2. The first kappa shape index (κ1) is 18.3. The first-order valence-corrected chi connectivity index (χ1v) is 8.07. The van der Waals surface area contributed by atoms with Crippen molar-refractivity contribution in [2.45, 2.75) is 13.8 Å². The van der Waals surface area contributed by atoms with Crippen molar-refractivity contribution in [1.82, 2.24) is 10.9 Å². The summed E-state index contributed by atoms with van der Waals surface area (Å²) in [5.41, 5.74) is 7.57. The molecule has 8 heteroatoms. The third-order valence-corrected chi connectivity index (χ3v) is 3.90. The standard InChI is InChI=1S/C16H15Cl2N3O2S/c1-8-5-9(2)14(12(18)6-8)19-16(24)21-20-15(23)11-7-10(17)3-4-13(11)22/h3-7,22H,1-2H3,(H,20,23)(H2,19,21,24). The van der Waals surface area contributed by atoms with Crippen LogP contribution in [0.1, 0.15) is 21.5 Å². The SMILES string of the molecule is Cc1cc(C)c(NC(=S)NNC(=O)c2cc(Cl)ccc2O)c(Cl)c1. The van der Waals surface area contributed by atoms with E-state index in [2.05, 4.69) is 16.2 Å². The van der Waals surface area contributed by atoms with Gasteiger partial charge in [0.25, 0.3) is 5.91 Å². The number of hydrazine groups is 1. The van der Waals surface area contributed by atoms with Gasteiger partial charge < -0.3 is 10.4 Å². The lowest BCUT2D eigenvalue weighted by Gasteiger charge is -2.15. The Hall–Kier alpha value is -2.02. The summed E-state index contributed by atoms with van der Waals surface area (Å²) in [7, 11) is 0. The van der Waals surface area contributed by atoms with E-state index in [9.17, 15) is 9.90 Å². The number of phenolic OH excluding ortho intramolecular Hbond substituents is 1. The number of aromatic hydroxyl groups is 1. The summed E-state index contributed by atoms with van der Waals surface area (Å²) in [6.45, 7) is 3.84. The summed E-state index contributed by atoms with van der Waals surface area (Å²) in [6.07, 6.45) is 0. The van der Waals surface area contributed by atoms with Crippen molar-refractivity contribution in [2.75, 3.05) is 5.32 Å². The van der Waals surface area contributed by atoms with Gasteiger partial charge in [-0.15, -0.1) is 0 Å². The number of hydrogen-bond donors (Lipinski definition) is 4. The van der Waals surface area contributed by atoms with E-state index in [0.717, 1.165) is 11.1 Å². The van der Waals surface area contributed by atoms with Crippen molar-refractivity contribution in [1.29, 1.82) is 0 Å². The maximum absolute atomic E-state index is 12.0. The van der Waals surface area contributed by atoms with Gasteiger partial charge in [-0.3, -0.25) is 15.6 Å². The molecule has 2 aromatic carbocycles. The Kier molecular flexibility index (Phi) is 5.88. The predicted octanol–water partition coefficient (Wildman–Crippen LogP) is 3.95. The zero-order valence-electron chi connectivity index (χ0n) is 12.9. The van der Waals surface area contributed by atoms with Gasteiger partial charge in [-0.05, 0) is 61.5 Å². The van der Waals surface area contributed by atoms with Gasteiger partial charge in [-0.2, -0.15) is 0 Å². The topological polar surface area (TPSA) is 73.4 Å². The molecule has 0 radical (unpaired) electrons. The average Bonchev–Trinajstić information content (AvgIpc) is 2.50. The fourth-order valence-corrected chi connectivity index (χ4v) is 2.78.